The van der Waals surface area contributed by atoms with Crippen molar-refractivity contribution in [1.82, 2.24) is 5.32 Å². The normalized spacial score (nSPS) is 20.0. The van der Waals surface area contributed by atoms with Crippen LogP contribution >= 0.6 is 11.6 Å². The number of halogens is 2. The van der Waals surface area contributed by atoms with Crippen LogP contribution in [0.15, 0.2) is 18.2 Å². The minimum absolute atomic E-state index is 0.0515. The van der Waals surface area contributed by atoms with Gasteiger partial charge in [0.2, 0.25) is 0 Å². The Hall–Kier alpha value is -0.640. The van der Waals surface area contributed by atoms with E-state index in [0.717, 1.165) is 18.4 Å². The molecule has 1 saturated carbocycles. The minimum atomic E-state index is -0.392. The Morgan fingerprint density at radius 3 is 2.67 bits per heavy atom. The van der Waals surface area contributed by atoms with E-state index in [4.69, 9.17) is 17.3 Å². The molecule has 1 aliphatic rings. The SMILES string of the molecule is CNC(c1ccc(F)c(Cl)c1)C1(N)CC1. The van der Waals surface area contributed by atoms with Gasteiger partial charge < -0.3 is 11.1 Å². The van der Waals surface area contributed by atoms with Gasteiger partial charge in [0.15, 0.2) is 0 Å². The summed E-state index contributed by atoms with van der Waals surface area (Å²) in [5.41, 5.74) is 6.89. The van der Waals surface area contributed by atoms with Crippen molar-refractivity contribution in [1.29, 1.82) is 0 Å². The Kier molecular flexibility index (Phi) is 2.71. The minimum Gasteiger partial charge on any atom is -0.323 e. The van der Waals surface area contributed by atoms with Crippen molar-refractivity contribution in [2.24, 2.45) is 5.73 Å². The van der Waals surface area contributed by atoms with E-state index in [9.17, 15) is 4.39 Å². The summed E-state index contributed by atoms with van der Waals surface area (Å²) in [6.07, 6.45) is 1.99. The summed E-state index contributed by atoms with van der Waals surface area (Å²) < 4.78 is 13.0. The van der Waals surface area contributed by atoms with E-state index >= 15 is 0 Å². The smallest absolute Gasteiger partial charge is 0.141 e. The van der Waals surface area contributed by atoms with E-state index in [2.05, 4.69) is 5.32 Å². The highest BCUT2D eigenvalue weighted by atomic mass is 35.5. The van der Waals surface area contributed by atoms with Crippen molar-refractivity contribution in [3.63, 3.8) is 0 Å². The average Bonchev–Trinajstić information content (AvgIpc) is 2.92. The van der Waals surface area contributed by atoms with E-state index in [0.29, 0.717) is 0 Å². The van der Waals surface area contributed by atoms with Crippen molar-refractivity contribution in [2.45, 2.75) is 24.4 Å². The van der Waals surface area contributed by atoms with Crippen LogP contribution in [0.3, 0.4) is 0 Å². The van der Waals surface area contributed by atoms with E-state index in [1.165, 1.54) is 6.07 Å². The third kappa shape index (κ3) is 2.00. The third-order valence-electron chi connectivity index (χ3n) is 2.97. The lowest BCUT2D eigenvalue weighted by Crippen LogP contribution is -2.38. The van der Waals surface area contributed by atoms with Gasteiger partial charge in [-0.25, -0.2) is 4.39 Å². The molecule has 82 valence electrons. The molecule has 0 heterocycles. The van der Waals surface area contributed by atoms with Crippen LogP contribution in [0.1, 0.15) is 24.4 Å². The second kappa shape index (κ2) is 3.74. The fourth-order valence-electron chi connectivity index (χ4n) is 1.91. The van der Waals surface area contributed by atoms with Crippen LogP contribution in [0.5, 0.6) is 0 Å². The van der Waals surface area contributed by atoms with Crippen molar-refractivity contribution < 1.29 is 4.39 Å². The quantitative estimate of drug-likeness (QED) is 0.833. The Morgan fingerprint density at radius 1 is 1.53 bits per heavy atom. The van der Waals surface area contributed by atoms with Gasteiger partial charge in [0.05, 0.1) is 11.1 Å². The molecule has 0 bridgehead atoms. The molecule has 15 heavy (non-hydrogen) atoms. The molecule has 1 aromatic rings. The predicted octanol–water partition coefficient (Wildman–Crippen LogP) is 2.23. The van der Waals surface area contributed by atoms with Gasteiger partial charge in [-0.2, -0.15) is 0 Å². The van der Waals surface area contributed by atoms with Gasteiger partial charge in [-0.3, -0.25) is 0 Å². The lowest BCUT2D eigenvalue weighted by atomic mass is 9.98. The number of nitrogens with two attached hydrogens (primary N) is 1. The molecule has 4 heteroatoms. The maximum atomic E-state index is 13.0. The largest absolute Gasteiger partial charge is 0.323 e. The Bertz CT molecular complexity index is 377. The highest BCUT2D eigenvalue weighted by Crippen LogP contribution is 2.43. The molecule has 1 aromatic carbocycles. The second-order valence-corrected chi connectivity index (χ2v) is 4.54. The lowest BCUT2D eigenvalue weighted by molar-refractivity contribution is 0.461. The molecule has 0 aromatic heterocycles. The fraction of sp³-hybridized carbons (Fsp3) is 0.455. The number of likely N-dealkylation sites (N-methyl/N-ethyl adjacent to an activating group) is 1. The number of rotatable bonds is 3. The van der Waals surface area contributed by atoms with E-state index in [1.807, 2.05) is 7.05 Å². The van der Waals surface area contributed by atoms with Crippen LogP contribution in [0, 0.1) is 5.82 Å². The van der Waals surface area contributed by atoms with E-state index in [-0.39, 0.29) is 16.6 Å². The lowest BCUT2D eigenvalue weighted by Gasteiger charge is -2.23. The Labute approximate surface area is 93.6 Å². The zero-order valence-electron chi connectivity index (χ0n) is 8.56. The summed E-state index contributed by atoms with van der Waals surface area (Å²) in [7, 11) is 1.86. The van der Waals surface area contributed by atoms with Crippen LogP contribution < -0.4 is 11.1 Å². The van der Waals surface area contributed by atoms with Gasteiger partial charge in [-0.15, -0.1) is 0 Å². The number of hydrogen-bond acceptors (Lipinski definition) is 2. The maximum Gasteiger partial charge on any atom is 0.141 e. The Balaban J connectivity index is 2.31. The molecule has 0 amide bonds. The maximum absolute atomic E-state index is 13.0. The van der Waals surface area contributed by atoms with E-state index < -0.39 is 5.82 Å². The molecule has 0 spiro atoms. The summed E-state index contributed by atoms with van der Waals surface area (Å²) in [5.74, 6) is -0.392. The van der Waals surface area contributed by atoms with E-state index in [1.54, 1.807) is 12.1 Å². The second-order valence-electron chi connectivity index (χ2n) is 4.13. The Morgan fingerprint density at radius 2 is 2.20 bits per heavy atom. The summed E-state index contributed by atoms with van der Waals surface area (Å²) in [5, 5.41) is 3.31. The zero-order valence-corrected chi connectivity index (χ0v) is 9.31. The van der Waals surface area contributed by atoms with Gasteiger partial charge in [0.1, 0.15) is 5.82 Å². The molecule has 1 aliphatic carbocycles. The van der Waals surface area contributed by atoms with Crippen LogP contribution in [0.2, 0.25) is 5.02 Å². The number of benzene rings is 1. The van der Waals surface area contributed by atoms with Crippen LogP contribution in [-0.2, 0) is 0 Å². The van der Waals surface area contributed by atoms with Crippen LogP contribution in [-0.4, -0.2) is 12.6 Å². The third-order valence-corrected chi connectivity index (χ3v) is 3.26. The van der Waals surface area contributed by atoms with Crippen LogP contribution in [0.4, 0.5) is 4.39 Å². The van der Waals surface area contributed by atoms with Crippen molar-refractivity contribution in [3.8, 4) is 0 Å². The molecule has 0 saturated heterocycles. The molecule has 3 N–H and O–H groups in total. The topological polar surface area (TPSA) is 38.0 Å². The zero-order chi connectivity index (χ0) is 11.1. The van der Waals surface area contributed by atoms with Gasteiger partial charge in [-0.1, -0.05) is 17.7 Å². The molecule has 1 fully saturated rings. The van der Waals surface area contributed by atoms with Crippen LogP contribution in [0.25, 0.3) is 0 Å². The standard InChI is InChI=1S/C11H14ClFN2/c1-15-10(11(14)4-5-11)7-2-3-9(13)8(12)6-7/h2-3,6,10,15H,4-5,14H2,1H3. The predicted molar refractivity (Wildman–Crippen MR) is 59.4 cm³/mol. The molecule has 2 nitrogen and oxygen atoms in total. The monoisotopic (exact) mass is 228 g/mol. The van der Waals surface area contributed by atoms with Gasteiger partial charge >= 0.3 is 0 Å². The number of nitrogens with one attached hydrogen (secondary N) is 1. The number of hydrogen-bond donors (Lipinski definition) is 2. The van der Waals surface area contributed by atoms with Crippen molar-refractivity contribution in [3.05, 3.63) is 34.6 Å². The average molecular weight is 229 g/mol. The highest BCUT2D eigenvalue weighted by molar-refractivity contribution is 6.30. The molecular weight excluding hydrogens is 215 g/mol. The van der Waals surface area contributed by atoms with Gasteiger partial charge in [-0.05, 0) is 37.6 Å². The summed E-state index contributed by atoms with van der Waals surface area (Å²) in [6.45, 7) is 0. The molecule has 1 unspecified atom stereocenters. The first-order valence-electron chi connectivity index (χ1n) is 4.98. The highest BCUT2D eigenvalue weighted by Gasteiger charge is 2.45. The summed E-state index contributed by atoms with van der Waals surface area (Å²) >= 11 is 5.74. The van der Waals surface area contributed by atoms with Crippen molar-refractivity contribution in [2.75, 3.05) is 7.05 Å². The molecule has 0 aliphatic heterocycles. The molecule has 1 atom stereocenters. The summed E-state index contributed by atoms with van der Waals surface area (Å²) in [4.78, 5) is 0. The summed E-state index contributed by atoms with van der Waals surface area (Å²) in [6, 6.07) is 4.81. The van der Waals surface area contributed by atoms with Gasteiger partial charge in [0.25, 0.3) is 0 Å². The first kappa shape index (κ1) is 10.9. The first-order valence-corrected chi connectivity index (χ1v) is 5.36. The fourth-order valence-corrected chi connectivity index (χ4v) is 2.10. The molecule has 0 radical (unpaired) electrons. The molecule has 2 rings (SSSR count). The first-order chi connectivity index (χ1) is 7.07. The van der Waals surface area contributed by atoms with Crippen molar-refractivity contribution >= 4 is 11.6 Å². The van der Waals surface area contributed by atoms with Gasteiger partial charge in [0, 0.05) is 5.54 Å². The molecular formula is C11H14ClFN2.